The molecular formula is C23H30N2O3. The van der Waals surface area contributed by atoms with Crippen molar-refractivity contribution in [3.05, 3.63) is 53.1 Å². The Labute approximate surface area is 167 Å². The van der Waals surface area contributed by atoms with Crippen molar-refractivity contribution in [2.24, 2.45) is 0 Å². The largest absolute Gasteiger partial charge is 0.490 e. The van der Waals surface area contributed by atoms with E-state index in [0.717, 1.165) is 49.7 Å². The van der Waals surface area contributed by atoms with Crippen molar-refractivity contribution in [2.45, 2.75) is 26.4 Å². The fourth-order valence-corrected chi connectivity index (χ4v) is 3.97. The zero-order chi connectivity index (χ0) is 19.5. The summed E-state index contributed by atoms with van der Waals surface area (Å²) in [5, 5.41) is 10.8. The Kier molecular flexibility index (Phi) is 5.74. The van der Waals surface area contributed by atoms with Gasteiger partial charge in [0.1, 0.15) is 0 Å². The highest BCUT2D eigenvalue weighted by Gasteiger charge is 2.22. The van der Waals surface area contributed by atoms with E-state index >= 15 is 0 Å². The Hall–Kier alpha value is -2.24. The predicted molar refractivity (Wildman–Crippen MR) is 112 cm³/mol. The van der Waals surface area contributed by atoms with Crippen LogP contribution in [0.15, 0.2) is 36.4 Å². The molecule has 4 rings (SSSR count). The van der Waals surface area contributed by atoms with Crippen LogP contribution in [0, 0.1) is 13.8 Å². The fraction of sp³-hybridized carbons (Fsp3) is 0.478. The number of anilines is 1. The van der Waals surface area contributed by atoms with Gasteiger partial charge in [0.2, 0.25) is 0 Å². The van der Waals surface area contributed by atoms with Crippen LogP contribution in [0.1, 0.15) is 29.2 Å². The van der Waals surface area contributed by atoms with Gasteiger partial charge >= 0.3 is 0 Å². The number of β-amino-alcohol motifs (C(OH)–C–C–N with tert-alkyl or cyclic N) is 1. The third-order valence-electron chi connectivity index (χ3n) is 5.67. The first-order chi connectivity index (χ1) is 13.6. The van der Waals surface area contributed by atoms with E-state index in [1.165, 1.54) is 16.8 Å². The number of benzene rings is 2. The molecular weight excluding hydrogens is 352 g/mol. The van der Waals surface area contributed by atoms with E-state index in [1.54, 1.807) is 0 Å². The summed E-state index contributed by atoms with van der Waals surface area (Å²) < 4.78 is 11.4. The van der Waals surface area contributed by atoms with E-state index < -0.39 is 6.10 Å². The molecule has 0 saturated carbocycles. The van der Waals surface area contributed by atoms with Crippen LogP contribution in [0.4, 0.5) is 5.69 Å². The zero-order valence-corrected chi connectivity index (χ0v) is 16.9. The highest BCUT2D eigenvalue weighted by Crippen LogP contribution is 2.32. The monoisotopic (exact) mass is 382 g/mol. The molecule has 0 aromatic heterocycles. The van der Waals surface area contributed by atoms with Gasteiger partial charge in [-0.15, -0.1) is 0 Å². The molecule has 2 heterocycles. The summed E-state index contributed by atoms with van der Waals surface area (Å²) in [4.78, 5) is 4.80. The number of aryl methyl sites for hydroxylation is 2. The number of hydrogen-bond donors (Lipinski definition) is 1. The highest BCUT2D eigenvalue weighted by atomic mass is 16.5. The maximum Gasteiger partial charge on any atom is 0.161 e. The van der Waals surface area contributed by atoms with Gasteiger partial charge in [-0.25, -0.2) is 0 Å². The lowest BCUT2D eigenvalue weighted by molar-refractivity contribution is 0.109. The molecule has 2 aliphatic heterocycles. The number of hydrogen-bond acceptors (Lipinski definition) is 5. The molecule has 0 unspecified atom stereocenters. The van der Waals surface area contributed by atoms with Crippen molar-refractivity contribution in [1.82, 2.24) is 4.90 Å². The Morgan fingerprint density at radius 3 is 2.46 bits per heavy atom. The summed E-state index contributed by atoms with van der Waals surface area (Å²) in [6.07, 6.45) is 0.362. The standard InChI is InChI=1S/C23H30N2O3/c1-17-4-5-18(2)20(14-17)25-10-8-24(9-11-25)16-21(26)19-6-7-22-23(15-19)28-13-3-12-27-22/h4-7,14-15,21,26H,3,8-13,16H2,1-2H3/t21-/m1/s1. The lowest BCUT2D eigenvalue weighted by Gasteiger charge is -2.37. The number of fused-ring (bicyclic) bond motifs is 1. The van der Waals surface area contributed by atoms with E-state index in [4.69, 9.17) is 9.47 Å². The Bertz CT molecular complexity index is 815. The molecule has 5 nitrogen and oxygen atoms in total. The first-order valence-corrected chi connectivity index (χ1v) is 10.2. The Morgan fingerprint density at radius 2 is 1.68 bits per heavy atom. The minimum atomic E-state index is -0.524. The number of aliphatic hydroxyl groups is 1. The number of ether oxygens (including phenoxy) is 2. The topological polar surface area (TPSA) is 45.2 Å². The molecule has 0 amide bonds. The Morgan fingerprint density at radius 1 is 0.929 bits per heavy atom. The molecule has 2 aromatic rings. The third-order valence-corrected chi connectivity index (χ3v) is 5.67. The molecule has 28 heavy (non-hydrogen) atoms. The quantitative estimate of drug-likeness (QED) is 0.879. The summed E-state index contributed by atoms with van der Waals surface area (Å²) in [6, 6.07) is 12.4. The van der Waals surface area contributed by atoms with Gasteiger partial charge in [-0.3, -0.25) is 4.90 Å². The maximum absolute atomic E-state index is 10.8. The third kappa shape index (κ3) is 4.26. The Balaban J connectivity index is 1.36. The lowest BCUT2D eigenvalue weighted by atomic mass is 10.1. The average molecular weight is 383 g/mol. The predicted octanol–water partition coefficient (Wildman–Crippen LogP) is 3.32. The molecule has 2 aromatic carbocycles. The van der Waals surface area contributed by atoms with Crippen LogP contribution in [-0.2, 0) is 0 Å². The van der Waals surface area contributed by atoms with Gasteiger partial charge in [0.15, 0.2) is 11.5 Å². The van der Waals surface area contributed by atoms with E-state index in [-0.39, 0.29) is 0 Å². The van der Waals surface area contributed by atoms with Crippen molar-refractivity contribution in [3.8, 4) is 11.5 Å². The molecule has 5 heteroatoms. The first kappa shape index (κ1) is 19.1. The molecule has 0 radical (unpaired) electrons. The second-order valence-electron chi connectivity index (χ2n) is 7.85. The minimum Gasteiger partial charge on any atom is -0.490 e. The van der Waals surface area contributed by atoms with Gasteiger partial charge in [-0.1, -0.05) is 18.2 Å². The number of piperazine rings is 1. The minimum absolute atomic E-state index is 0.524. The molecule has 0 bridgehead atoms. The summed E-state index contributed by atoms with van der Waals surface area (Å²) in [5.41, 5.74) is 4.85. The van der Waals surface area contributed by atoms with Gasteiger partial charge in [-0.2, -0.15) is 0 Å². The molecule has 150 valence electrons. The fourth-order valence-electron chi connectivity index (χ4n) is 3.97. The lowest BCUT2D eigenvalue weighted by Crippen LogP contribution is -2.47. The molecule has 0 spiro atoms. The molecule has 2 aliphatic rings. The van der Waals surface area contributed by atoms with E-state index in [0.29, 0.717) is 19.8 Å². The van der Waals surface area contributed by atoms with Gasteiger partial charge in [0.25, 0.3) is 0 Å². The van der Waals surface area contributed by atoms with Crippen molar-refractivity contribution in [3.63, 3.8) is 0 Å². The molecule has 1 saturated heterocycles. The molecule has 0 aliphatic carbocycles. The van der Waals surface area contributed by atoms with Crippen LogP contribution in [0.5, 0.6) is 11.5 Å². The average Bonchev–Trinajstić information content (AvgIpc) is 2.95. The molecule has 1 fully saturated rings. The molecule has 1 N–H and O–H groups in total. The van der Waals surface area contributed by atoms with Crippen molar-refractivity contribution in [2.75, 3.05) is 50.8 Å². The van der Waals surface area contributed by atoms with Crippen LogP contribution in [0.3, 0.4) is 0 Å². The van der Waals surface area contributed by atoms with Crippen molar-refractivity contribution < 1.29 is 14.6 Å². The van der Waals surface area contributed by atoms with Crippen LogP contribution in [0.25, 0.3) is 0 Å². The van der Waals surface area contributed by atoms with E-state index in [9.17, 15) is 5.11 Å². The number of aliphatic hydroxyl groups excluding tert-OH is 1. The van der Waals surface area contributed by atoms with Crippen LogP contribution < -0.4 is 14.4 Å². The summed E-state index contributed by atoms with van der Waals surface area (Å²) in [7, 11) is 0. The van der Waals surface area contributed by atoms with Crippen molar-refractivity contribution >= 4 is 5.69 Å². The second kappa shape index (κ2) is 8.41. The van der Waals surface area contributed by atoms with Gasteiger partial charge in [0.05, 0.1) is 19.3 Å². The smallest absolute Gasteiger partial charge is 0.161 e. The van der Waals surface area contributed by atoms with Crippen LogP contribution in [-0.4, -0.2) is 55.9 Å². The van der Waals surface area contributed by atoms with Crippen LogP contribution >= 0.6 is 0 Å². The SMILES string of the molecule is Cc1ccc(C)c(N2CCN(C[C@@H](O)c3ccc4c(c3)OCCCO4)CC2)c1. The molecule has 1 atom stereocenters. The van der Waals surface area contributed by atoms with E-state index in [2.05, 4.69) is 41.8 Å². The van der Waals surface area contributed by atoms with Gasteiger partial charge in [0, 0.05) is 44.8 Å². The summed E-state index contributed by atoms with van der Waals surface area (Å²) in [6.45, 7) is 10.2. The van der Waals surface area contributed by atoms with Gasteiger partial charge < -0.3 is 19.5 Å². The van der Waals surface area contributed by atoms with Crippen molar-refractivity contribution in [1.29, 1.82) is 0 Å². The van der Waals surface area contributed by atoms with Crippen LogP contribution in [0.2, 0.25) is 0 Å². The van der Waals surface area contributed by atoms with Gasteiger partial charge in [-0.05, 0) is 48.7 Å². The highest BCUT2D eigenvalue weighted by molar-refractivity contribution is 5.55. The van der Waals surface area contributed by atoms with E-state index in [1.807, 2.05) is 18.2 Å². The zero-order valence-electron chi connectivity index (χ0n) is 16.9. The number of nitrogens with zero attached hydrogens (tertiary/aromatic N) is 2. The number of rotatable bonds is 4. The first-order valence-electron chi connectivity index (χ1n) is 10.2. The maximum atomic E-state index is 10.8. The summed E-state index contributed by atoms with van der Waals surface area (Å²) >= 11 is 0. The second-order valence-corrected chi connectivity index (χ2v) is 7.85. The normalized spacial score (nSPS) is 18.6. The summed E-state index contributed by atoms with van der Waals surface area (Å²) in [5.74, 6) is 1.52.